The number of benzene rings is 2. The molecule has 2 aromatic rings. The smallest absolute Gasteiger partial charge is 0.305 e. The van der Waals surface area contributed by atoms with E-state index in [9.17, 15) is 23.1 Å². The zero-order valence-corrected chi connectivity index (χ0v) is 44.7. The van der Waals surface area contributed by atoms with Crippen LogP contribution < -0.4 is 5.73 Å². The van der Waals surface area contributed by atoms with Gasteiger partial charge in [-0.2, -0.15) is 4.31 Å². The van der Waals surface area contributed by atoms with Crippen LogP contribution in [0.3, 0.4) is 0 Å². The molecule has 4 N–H and O–H groups in total. The maximum absolute atomic E-state index is 14.1. The predicted molar refractivity (Wildman–Crippen MR) is 279 cm³/mol. The van der Waals surface area contributed by atoms with Crippen LogP contribution in [-0.2, 0) is 73.5 Å². The number of fused-ring (bicyclic) bond motifs is 1. The van der Waals surface area contributed by atoms with Crippen molar-refractivity contribution in [3.8, 4) is 11.1 Å². The van der Waals surface area contributed by atoms with Crippen LogP contribution in [0.1, 0.15) is 50.7 Å². The van der Waals surface area contributed by atoms with Gasteiger partial charge in [-0.1, -0.05) is 38.1 Å². The van der Waals surface area contributed by atoms with E-state index in [1.807, 2.05) is 53.3 Å². The summed E-state index contributed by atoms with van der Waals surface area (Å²) < 4.78 is 84.6. The van der Waals surface area contributed by atoms with E-state index in [0.717, 1.165) is 24.0 Å². The fraction of sp³-hybridized carbons (Fsp3) is 0.673. The standard InChI is InChI=1S/C52H83N5O16S/c1-4-11-56(12-5-2)52(61)47-34-45-8-6-43(35-48(45)54-50(53)37-47)44-7-9-46(49(36-44)74(62,63)57-38-42(39-57)41-58)40-55(3)13-15-65-17-19-67-21-23-69-25-27-71-29-31-73-33-32-72-30-28-70-26-24-68-22-20-66-18-16-64-14-10-51(59)60/h6-9,34-36,42,58H,4-5,10-33,37-41H2,1-3H3,(H2,53,54)(H,59,60). The minimum absolute atomic E-state index is 0.0167. The lowest BCUT2D eigenvalue weighted by Crippen LogP contribution is -2.51. The number of sulfonamides is 1. The van der Waals surface area contributed by atoms with Gasteiger partial charge in [0.1, 0.15) is 5.84 Å². The molecule has 0 spiro atoms. The van der Waals surface area contributed by atoms with Crippen molar-refractivity contribution in [2.45, 2.75) is 51.0 Å². The van der Waals surface area contributed by atoms with Crippen molar-refractivity contribution in [3.05, 3.63) is 53.1 Å². The SMILES string of the molecule is CCCN(CCC)C(=O)C1=Cc2ccc(-c3ccc(CN(C)CCOCCOCCOCCOCCOCCOCCOCCOCCOCCOCCC(=O)O)c(S(=O)(=O)N4CC(CO)C4)c3)cc2N=C(N)C1. The summed E-state index contributed by atoms with van der Waals surface area (Å²) in [7, 11) is -1.95. The third-order valence-electron chi connectivity index (χ3n) is 11.6. The number of amides is 1. The molecule has 0 bridgehead atoms. The van der Waals surface area contributed by atoms with E-state index in [4.69, 9.17) is 58.2 Å². The summed E-state index contributed by atoms with van der Waals surface area (Å²) in [6.07, 6.45) is 3.80. The molecule has 2 aliphatic rings. The van der Waals surface area contributed by atoms with E-state index in [-0.39, 0.29) is 55.9 Å². The normalized spacial score (nSPS) is 14.2. The number of aliphatic imine (C=N–C) groups is 1. The van der Waals surface area contributed by atoms with E-state index >= 15 is 0 Å². The van der Waals surface area contributed by atoms with Crippen molar-refractivity contribution in [2.24, 2.45) is 16.6 Å². The highest BCUT2D eigenvalue weighted by molar-refractivity contribution is 7.89. The Kier molecular flexibility index (Phi) is 31.2. The second-order valence-electron chi connectivity index (χ2n) is 17.7. The largest absolute Gasteiger partial charge is 0.481 e. The summed E-state index contributed by atoms with van der Waals surface area (Å²) in [6.45, 7) is 15.2. The number of hydrogen-bond donors (Lipinski definition) is 3. The minimum Gasteiger partial charge on any atom is -0.481 e. The Labute approximate surface area is 438 Å². The first kappa shape index (κ1) is 62.6. The molecule has 1 saturated heterocycles. The fourth-order valence-electron chi connectivity index (χ4n) is 7.67. The molecule has 0 radical (unpaired) electrons. The molecule has 21 nitrogen and oxygen atoms in total. The highest BCUT2D eigenvalue weighted by Gasteiger charge is 2.37. The molecule has 1 fully saturated rings. The molecule has 74 heavy (non-hydrogen) atoms. The van der Waals surface area contributed by atoms with E-state index in [2.05, 4.69) is 18.8 Å². The number of carboxylic acids is 1. The molecule has 4 rings (SSSR count). The number of carboxylic acid groups (broad SMARTS) is 1. The molecule has 0 atom stereocenters. The van der Waals surface area contributed by atoms with Crippen molar-refractivity contribution in [1.82, 2.24) is 14.1 Å². The van der Waals surface area contributed by atoms with Crippen LogP contribution in [0.2, 0.25) is 0 Å². The van der Waals surface area contributed by atoms with Gasteiger partial charge >= 0.3 is 5.97 Å². The van der Waals surface area contributed by atoms with Gasteiger partial charge in [0.2, 0.25) is 15.9 Å². The number of carbonyl (C=O) groups is 2. The number of hydrogen-bond acceptors (Lipinski definition) is 18. The molecule has 2 heterocycles. The third kappa shape index (κ3) is 23.9. The van der Waals surface area contributed by atoms with Crippen LogP contribution >= 0.6 is 0 Å². The summed E-state index contributed by atoms with van der Waals surface area (Å²) >= 11 is 0. The molecule has 22 heteroatoms. The summed E-state index contributed by atoms with van der Waals surface area (Å²) in [6, 6.07) is 11.2. The van der Waals surface area contributed by atoms with Crippen LogP contribution in [0.15, 0.2) is 51.9 Å². The van der Waals surface area contributed by atoms with E-state index in [1.54, 1.807) is 6.07 Å². The van der Waals surface area contributed by atoms with Crippen LogP contribution in [0.4, 0.5) is 5.69 Å². The highest BCUT2D eigenvalue weighted by Crippen LogP contribution is 2.35. The van der Waals surface area contributed by atoms with Crippen molar-refractivity contribution in [3.63, 3.8) is 0 Å². The maximum atomic E-state index is 14.1. The highest BCUT2D eigenvalue weighted by atomic mass is 32.2. The quantitative estimate of drug-likeness (QED) is 0.0804. The van der Waals surface area contributed by atoms with Crippen molar-refractivity contribution in [1.29, 1.82) is 0 Å². The Morgan fingerprint density at radius 2 is 1.11 bits per heavy atom. The molecule has 1 amide bonds. The number of rotatable bonds is 44. The van der Waals surface area contributed by atoms with Gasteiger partial charge < -0.3 is 68.2 Å². The van der Waals surface area contributed by atoms with Gasteiger partial charge in [-0.05, 0) is 54.8 Å². The molecule has 0 saturated carbocycles. The summed E-state index contributed by atoms with van der Waals surface area (Å²) in [4.78, 5) is 32.7. The van der Waals surface area contributed by atoms with Gasteiger partial charge in [-0.25, -0.2) is 13.4 Å². The van der Waals surface area contributed by atoms with Crippen LogP contribution in [-0.4, -0.2) is 229 Å². The van der Waals surface area contributed by atoms with Gasteiger partial charge in [0, 0.05) is 69.4 Å². The Hall–Kier alpha value is -3.98. The van der Waals surface area contributed by atoms with Gasteiger partial charge in [0.25, 0.3) is 0 Å². The molecule has 2 aromatic carbocycles. The summed E-state index contributed by atoms with van der Waals surface area (Å²) in [5.41, 5.74) is 10.4. The first-order valence-electron chi connectivity index (χ1n) is 25.9. The average molecular weight is 1070 g/mol. The Balaban J connectivity index is 1.05. The Morgan fingerprint density at radius 1 is 0.662 bits per heavy atom. The number of ether oxygens (including phenoxy) is 10. The van der Waals surface area contributed by atoms with Crippen molar-refractivity contribution < 1.29 is 75.6 Å². The zero-order valence-electron chi connectivity index (χ0n) is 43.9. The van der Waals surface area contributed by atoms with Gasteiger partial charge in [-0.3, -0.25) is 14.5 Å². The third-order valence-corrected chi connectivity index (χ3v) is 13.5. The van der Waals surface area contributed by atoms with Crippen LogP contribution in [0, 0.1) is 5.92 Å². The lowest BCUT2D eigenvalue weighted by Gasteiger charge is -2.37. The fourth-order valence-corrected chi connectivity index (χ4v) is 9.51. The molecule has 418 valence electrons. The number of nitrogens with zero attached hydrogens (tertiary/aromatic N) is 4. The van der Waals surface area contributed by atoms with Gasteiger partial charge in [0.05, 0.1) is 149 Å². The second kappa shape index (κ2) is 36.9. The van der Waals surface area contributed by atoms with Gasteiger partial charge in [-0.15, -0.1) is 0 Å². The summed E-state index contributed by atoms with van der Waals surface area (Å²) in [5.74, 6) is -0.679. The lowest BCUT2D eigenvalue weighted by molar-refractivity contribution is -0.138. The molecule has 0 aliphatic carbocycles. The molecular weight excluding hydrogens is 983 g/mol. The average Bonchev–Trinajstić information content (AvgIpc) is 3.53. The second-order valence-corrected chi connectivity index (χ2v) is 19.6. The number of aliphatic hydroxyl groups excluding tert-OH is 1. The zero-order chi connectivity index (χ0) is 53.2. The maximum Gasteiger partial charge on any atom is 0.305 e. The van der Waals surface area contributed by atoms with Crippen LogP contribution in [0.5, 0.6) is 0 Å². The van der Waals surface area contributed by atoms with Crippen molar-refractivity contribution >= 4 is 39.5 Å². The number of nitrogens with two attached hydrogens (primary N) is 1. The minimum atomic E-state index is -3.87. The van der Waals surface area contributed by atoms with Gasteiger partial charge in [0.15, 0.2) is 0 Å². The molecule has 0 aromatic heterocycles. The van der Waals surface area contributed by atoms with Crippen molar-refractivity contribution in [2.75, 3.05) is 179 Å². The molecule has 2 aliphatic heterocycles. The first-order valence-corrected chi connectivity index (χ1v) is 27.3. The molecule has 0 unspecified atom stereocenters. The number of carbonyl (C=O) groups excluding carboxylic acids is 1. The number of aliphatic hydroxyl groups is 1. The Bertz CT molecular complexity index is 2080. The van der Waals surface area contributed by atoms with E-state index in [0.29, 0.717) is 180 Å². The van der Waals surface area contributed by atoms with Crippen LogP contribution in [0.25, 0.3) is 17.2 Å². The molecular formula is C52H83N5O16S. The summed E-state index contributed by atoms with van der Waals surface area (Å²) in [5, 5.41) is 18.2. The number of aliphatic carboxylic acids is 1. The predicted octanol–water partition coefficient (Wildman–Crippen LogP) is 3.46. The topological polar surface area (TPSA) is 249 Å². The monoisotopic (exact) mass is 1070 g/mol. The lowest BCUT2D eigenvalue weighted by atomic mass is 9.99. The Morgan fingerprint density at radius 3 is 1.57 bits per heavy atom. The number of likely N-dealkylation sites (N-methyl/N-ethyl adjacent to an activating group) is 1. The number of amidine groups is 1. The van der Waals surface area contributed by atoms with E-state index in [1.165, 1.54) is 4.31 Å². The van der Waals surface area contributed by atoms with E-state index < -0.39 is 16.0 Å². The first-order chi connectivity index (χ1) is 36.0.